The molecule has 0 fully saturated rings. The summed E-state index contributed by atoms with van der Waals surface area (Å²) in [5, 5.41) is 6.38. The lowest BCUT2D eigenvalue weighted by Gasteiger charge is -2.19. The summed E-state index contributed by atoms with van der Waals surface area (Å²) in [6.45, 7) is 3.99. The van der Waals surface area contributed by atoms with E-state index >= 15 is 0 Å². The first-order valence-electron chi connectivity index (χ1n) is 7.07. The van der Waals surface area contributed by atoms with Crippen molar-refractivity contribution >= 4 is 23.0 Å². The Hall–Kier alpha value is -2.08. The standard InChI is InChI=1S/C17H17F3N2S/c1-11-5-3-4-6-15(11)12(2)21-16(23)22-14-9-7-13(8-10-14)17(18,19)20/h3-10,12H,1-2H3,(H2,21,22,23)/t12-/m0/s1. The molecule has 0 bridgehead atoms. The number of alkyl halides is 3. The molecule has 2 nitrogen and oxygen atoms in total. The van der Waals surface area contributed by atoms with Crippen LogP contribution in [0.5, 0.6) is 0 Å². The minimum Gasteiger partial charge on any atom is -0.356 e. The van der Waals surface area contributed by atoms with Crippen LogP contribution in [0.15, 0.2) is 48.5 Å². The third-order valence-electron chi connectivity index (χ3n) is 3.47. The molecule has 0 radical (unpaired) electrons. The van der Waals surface area contributed by atoms with E-state index in [4.69, 9.17) is 12.2 Å². The molecule has 0 saturated heterocycles. The van der Waals surface area contributed by atoms with Gasteiger partial charge in [0.05, 0.1) is 11.6 Å². The van der Waals surface area contributed by atoms with Gasteiger partial charge in [-0.05, 0) is 61.5 Å². The van der Waals surface area contributed by atoms with Crippen molar-refractivity contribution in [2.45, 2.75) is 26.1 Å². The molecule has 0 aliphatic rings. The van der Waals surface area contributed by atoms with Crippen LogP contribution in [0.1, 0.15) is 29.7 Å². The maximum Gasteiger partial charge on any atom is 0.416 e. The predicted molar refractivity (Wildman–Crippen MR) is 90.4 cm³/mol. The van der Waals surface area contributed by atoms with Crippen molar-refractivity contribution in [1.82, 2.24) is 5.32 Å². The highest BCUT2D eigenvalue weighted by Gasteiger charge is 2.29. The van der Waals surface area contributed by atoms with Crippen LogP contribution in [0.3, 0.4) is 0 Å². The summed E-state index contributed by atoms with van der Waals surface area (Å²) in [5.74, 6) is 0. The molecule has 0 aromatic heterocycles. The highest BCUT2D eigenvalue weighted by Crippen LogP contribution is 2.29. The fourth-order valence-electron chi connectivity index (χ4n) is 2.26. The van der Waals surface area contributed by atoms with Gasteiger partial charge in [0.1, 0.15) is 0 Å². The zero-order chi connectivity index (χ0) is 17.0. The third-order valence-corrected chi connectivity index (χ3v) is 3.69. The molecular formula is C17H17F3N2S. The Labute approximate surface area is 138 Å². The minimum absolute atomic E-state index is 0.00866. The Bertz CT molecular complexity index is 681. The topological polar surface area (TPSA) is 24.1 Å². The molecule has 2 aromatic carbocycles. The molecule has 0 amide bonds. The zero-order valence-electron chi connectivity index (χ0n) is 12.7. The number of hydrogen-bond acceptors (Lipinski definition) is 1. The smallest absolute Gasteiger partial charge is 0.356 e. The number of benzene rings is 2. The van der Waals surface area contributed by atoms with Gasteiger partial charge in [-0.15, -0.1) is 0 Å². The number of hydrogen-bond donors (Lipinski definition) is 2. The van der Waals surface area contributed by atoms with Crippen molar-refractivity contribution in [2.24, 2.45) is 0 Å². The molecule has 2 N–H and O–H groups in total. The van der Waals surface area contributed by atoms with Crippen LogP contribution in [-0.2, 0) is 6.18 Å². The lowest BCUT2D eigenvalue weighted by Crippen LogP contribution is -2.31. The van der Waals surface area contributed by atoms with E-state index in [0.29, 0.717) is 10.8 Å². The number of aryl methyl sites for hydroxylation is 1. The zero-order valence-corrected chi connectivity index (χ0v) is 13.6. The van der Waals surface area contributed by atoms with Crippen LogP contribution in [0.2, 0.25) is 0 Å². The van der Waals surface area contributed by atoms with Gasteiger partial charge in [-0.3, -0.25) is 0 Å². The molecular weight excluding hydrogens is 321 g/mol. The first kappa shape index (κ1) is 17.3. The Morgan fingerprint density at radius 1 is 1.04 bits per heavy atom. The van der Waals surface area contributed by atoms with Gasteiger partial charge >= 0.3 is 6.18 Å². The van der Waals surface area contributed by atoms with Crippen molar-refractivity contribution < 1.29 is 13.2 Å². The summed E-state index contributed by atoms with van der Waals surface area (Å²) in [6, 6.07) is 12.7. The number of rotatable bonds is 3. The van der Waals surface area contributed by atoms with Crippen LogP contribution in [-0.4, -0.2) is 5.11 Å². The van der Waals surface area contributed by atoms with E-state index in [1.54, 1.807) is 0 Å². The van der Waals surface area contributed by atoms with Crippen LogP contribution >= 0.6 is 12.2 Å². The van der Waals surface area contributed by atoms with Crippen molar-refractivity contribution in [2.75, 3.05) is 5.32 Å². The van der Waals surface area contributed by atoms with Crippen LogP contribution < -0.4 is 10.6 Å². The monoisotopic (exact) mass is 338 g/mol. The van der Waals surface area contributed by atoms with Gasteiger partial charge < -0.3 is 10.6 Å². The van der Waals surface area contributed by atoms with Crippen molar-refractivity contribution in [3.63, 3.8) is 0 Å². The van der Waals surface area contributed by atoms with Gasteiger partial charge in [-0.1, -0.05) is 24.3 Å². The van der Waals surface area contributed by atoms with E-state index in [9.17, 15) is 13.2 Å². The molecule has 0 heterocycles. The Morgan fingerprint density at radius 2 is 1.65 bits per heavy atom. The molecule has 2 aromatic rings. The Balaban J connectivity index is 1.98. The minimum atomic E-state index is -4.34. The summed E-state index contributed by atoms with van der Waals surface area (Å²) in [4.78, 5) is 0. The maximum atomic E-state index is 12.5. The van der Waals surface area contributed by atoms with Gasteiger partial charge in [0.2, 0.25) is 0 Å². The Kier molecular flexibility index (Phi) is 5.26. The van der Waals surface area contributed by atoms with Gasteiger partial charge in [0, 0.05) is 5.69 Å². The maximum absolute atomic E-state index is 12.5. The van der Waals surface area contributed by atoms with Crippen LogP contribution in [0, 0.1) is 6.92 Å². The highest BCUT2D eigenvalue weighted by molar-refractivity contribution is 7.80. The molecule has 0 unspecified atom stereocenters. The Morgan fingerprint density at radius 3 is 2.22 bits per heavy atom. The predicted octanol–water partition coefficient (Wildman–Crippen LogP) is 5.06. The van der Waals surface area contributed by atoms with E-state index in [1.807, 2.05) is 38.1 Å². The molecule has 122 valence electrons. The average molecular weight is 338 g/mol. The lowest BCUT2D eigenvalue weighted by atomic mass is 10.0. The molecule has 2 rings (SSSR count). The molecule has 1 atom stereocenters. The van der Waals surface area contributed by atoms with E-state index in [2.05, 4.69) is 10.6 Å². The fourth-order valence-corrected chi connectivity index (χ4v) is 2.55. The number of anilines is 1. The van der Waals surface area contributed by atoms with Crippen LogP contribution in [0.25, 0.3) is 0 Å². The largest absolute Gasteiger partial charge is 0.416 e. The van der Waals surface area contributed by atoms with Gasteiger partial charge in [-0.25, -0.2) is 0 Å². The second-order valence-corrected chi connectivity index (χ2v) is 5.66. The first-order valence-corrected chi connectivity index (χ1v) is 7.48. The van der Waals surface area contributed by atoms with Crippen molar-refractivity contribution in [3.05, 3.63) is 65.2 Å². The molecule has 0 aliphatic heterocycles. The molecule has 0 saturated carbocycles. The van der Waals surface area contributed by atoms with Crippen molar-refractivity contribution in [1.29, 1.82) is 0 Å². The fraction of sp³-hybridized carbons (Fsp3) is 0.235. The summed E-state index contributed by atoms with van der Waals surface area (Å²) in [6.07, 6.45) is -4.34. The molecule has 6 heteroatoms. The summed E-state index contributed by atoms with van der Waals surface area (Å²) in [7, 11) is 0. The van der Waals surface area contributed by atoms with E-state index in [1.165, 1.54) is 12.1 Å². The molecule has 23 heavy (non-hydrogen) atoms. The van der Waals surface area contributed by atoms with Gasteiger partial charge in [-0.2, -0.15) is 13.2 Å². The first-order chi connectivity index (χ1) is 10.8. The normalized spacial score (nSPS) is 12.6. The van der Waals surface area contributed by atoms with E-state index in [0.717, 1.165) is 23.3 Å². The average Bonchev–Trinajstić information content (AvgIpc) is 2.47. The third kappa shape index (κ3) is 4.69. The summed E-state index contributed by atoms with van der Waals surface area (Å²) >= 11 is 5.22. The second-order valence-electron chi connectivity index (χ2n) is 5.25. The second kappa shape index (κ2) is 7.00. The number of nitrogens with one attached hydrogen (secondary N) is 2. The highest BCUT2D eigenvalue weighted by atomic mass is 32.1. The lowest BCUT2D eigenvalue weighted by molar-refractivity contribution is -0.137. The van der Waals surface area contributed by atoms with Gasteiger partial charge in [0.15, 0.2) is 5.11 Å². The summed E-state index contributed by atoms with van der Waals surface area (Å²) in [5.41, 5.74) is 2.08. The van der Waals surface area contributed by atoms with E-state index in [-0.39, 0.29) is 6.04 Å². The SMILES string of the molecule is Cc1ccccc1[C@H](C)NC(=S)Nc1ccc(C(F)(F)F)cc1. The number of thiocarbonyl (C=S) groups is 1. The molecule has 0 aliphatic carbocycles. The summed E-state index contributed by atoms with van der Waals surface area (Å²) < 4.78 is 37.6. The molecule has 0 spiro atoms. The van der Waals surface area contributed by atoms with E-state index < -0.39 is 11.7 Å². The van der Waals surface area contributed by atoms with Crippen molar-refractivity contribution in [3.8, 4) is 0 Å². The quantitative estimate of drug-likeness (QED) is 0.765. The van der Waals surface area contributed by atoms with Crippen LogP contribution in [0.4, 0.5) is 18.9 Å². The van der Waals surface area contributed by atoms with Gasteiger partial charge in [0.25, 0.3) is 0 Å². The number of halogens is 3.